The van der Waals surface area contributed by atoms with Crippen LogP contribution in [0.1, 0.15) is 76.8 Å². The van der Waals surface area contributed by atoms with Crippen LogP contribution in [0.3, 0.4) is 0 Å². The fraction of sp³-hybridized carbons (Fsp3) is 0.600. The SMILES string of the molecule is CCCCCCCCCCCC[n+]1cc(CC#N)n(S(=O)(=O)N(C)C)c1-c1ccccc1. The molecule has 0 N–H and O–H groups in total. The Bertz CT molecular complexity index is 960. The monoisotopic (exact) mass is 459 g/mol. The van der Waals surface area contributed by atoms with Crippen LogP contribution < -0.4 is 4.57 Å². The van der Waals surface area contributed by atoms with Crippen molar-refractivity contribution in [3.8, 4) is 17.5 Å². The molecule has 0 aliphatic carbocycles. The minimum Gasteiger partial charge on any atom is -0.229 e. The van der Waals surface area contributed by atoms with E-state index in [1.54, 1.807) is 0 Å². The molecule has 2 rings (SSSR count). The molecule has 7 heteroatoms. The topological polar surface area (TPSA) is 70.0 Å². The van der Waals surface area contributed by atoms with Gasteiger partial charge in [0.05, 0.1) is 18.2 Å². The highest BCUT2D eigenvalue weighted by atomic mass is 32.2. The van der Waals surface area contributed by atoms with E-state index in [0.29, 0.717) is 11.5 Å². The van der Waals surface area contributed by atoms with E-state index in [9.17, 15) is 13.7 Å². The summed E-state index contributed by atoms with van der Waals surface area (Å²) >= 11 is 0. The summed E-state index contributed by atoms with van der Waals surface area (Å²) in [6.45, 7) is 2.98. The largest absolute Gasteiger partial charge is 0.380 e. The number of imidazole rings is 1. The zero-order valence-corrected chi connectivity index (χ0v) is 20.8. The summed E-state index contributed by atoms with van der Waals surface area (Å²) in [4.78, 5) is 0. The minimum atomic E-state index is -3.76. The van der Waals surface area contributed by atoms with Crippen LogP contribution in [-0.2, 0) is 23.2 Å². The lowest BCUT2D eigenvalue weighted by Crippen LogP contribution is -2.37. The number of nitriles is 1. The fourth-order valence-electron chi connectivity index (χ4n) is 3.98. The lowest BCUT2D eigenvalue weighted by Gasteiger charge is -2.11. The van der Waals surface area contributed by atoms with Crippen LogP contribution in [0, 0.1) is 11.3 Å². The second kappa shape index (κ2) is 13.4. The average molecular weight is 460 g/mol. The Morgan fingerprint density at radius 2 is 1.50 bits per heavy atom. The van der Waals surface area contributed by atoms with Crippen molar-refractivity contribution in [3.05, 3.63) is 42.2 Å². The zero-order valence-electron chi connectivity index (χ0n) is 20.0. The van der Waals surface area contributed by atoms with Crippen molar-refractivity contribution in [2.24, 2.45) is 0 Å². The smallest absolute Gasteiger partial charge is 0.229 e. The van der Waals surface area contributed by atoms with Crippen molar-refractivity contribution < 1.29 is 13.0 Å². The van der Waals surface area contributed by atoms with E-state index >= 15 is 0 Å². The third-order valence-electron chi connectivity index (χ3n) is 5.77. The summed E-state index contributed by atoms with van der Waals surface area (Å²) in [5.41, 5.74) is 1.32. The molecule has 176 valence electrons. The van der Waals surface area contributed by atoms with Crippen molar-refractivity contribution >= 4 is 10.2 Å². The number of rotatable bonds is 15. The van der Waals surface area contributed by atoms with Crippen molar-refractivity contribution in [3.63, 3.8) is 0 Å². The molecule has 0 fully saturated rings. The Morgan fingerprint density at radius 3 is 2.03 bits per heavy atom. The molecule has 2 aromatic rings. The number of benzene rings is 1. The van der Waals surface area contributed by atoms with Gasteiger partial charge in [0, 0.05) is 14.1 Å². The van der Waals surface area contributed by atoms with Gasteiger partial charge in [-0.15, -0.1) is 3.97 Å². The van der Waals surface area contributed by atoms with Gasteiger partial charge in [-0.2, -0.15) is 18.0 Å². The van der Waals surface area contributed by atoms with Crippen LogP contribution in [0.25, 0.3) is 11.4 Å². The summed E-state index contributed by atoms with van der Waals surface area (Å²) in [5.74, 6) is 0.612. The quantitative estimate of drug-likeness (QED) is 0.275. The van der Waals surface area contributed by atoms with Crippen LogP contribution in [0.4, 0.5) is 0 Å². The first-order valence-corrected chi connectivity index (χ1v) is 13.3. The minimum absolute atomic E-state index is 0.0396. The lowest BCUT2D eigenvalue weighted by atomic mass is 10.1. The number of hydrogen-bond acceptors (Lipinski definition) is 3. The molecule has 1 aromatic heterocycles. The van der Waals surface area contributed by atoms with Crippen LogP contribution in [0.5, 0.6) is 0 Å². The second-order valence-electron chi connectivity index (χ2n) is 8.57. The van der Waals surface area contributed by atoms with Crippen molar-refractivity contribution in [2.75, 3.05) is 14.1 Å². The maximum absolute atomic E-state index is 13.1. The van der Waals surface area contributed by atoms with Crippen molar-refractivity contribution in [2.45, 2.75) is 84.1 Å². The highest BCUT2D eigenvalue weighted by Crippen LogP contribution is 2.22. The Morgan fingerprint density at radius 1 is 0.938 bits per heavy atom. The normalized spacial score (nSPS) is 11.7. The van der Waals surface area contributed by atoms with Gasteiger partial charge >= 0.3 is 16.0 Å². The van der Waals surface area contributed by atoms with Gasteiger partial charge in [-0.25, -0.2) is 4.57 Å². The molecule has 32 heavy (non-hydrogen) atoms. The molecule has 0 aliphatic heterocycles. The Labute approximate surface area is 194 Å². The third kappa shape index (κ3) is 7.18. The molecule has 0 aliphatic rings. The summed E-state index contributed by atoms with van der Waals surface area (Å²) in [7, 11) is -0.721. The van der Waals surface area contributed by atoms with E-state index < -0.39 is 10.2 Å². The van der Waals surface area contributed by atoms with Crippen molar-refractivity contribution in [1.29, 1.82) is 5.26 Å². The predicted molar refractivity (Wildman–Crippen MR) is 129 cm³/mol. The van der Waals surface area contributed by atoms with Gasteiger partial charge in [-0.3, -0.25) is 0 Å². The van der Waals surface area contributed by atoms with Gasteiger partial charge in [0.25, 0.3) is 0 Å². The summed E-state index contributed by atoms with van der Waals surface area (Å²) < 4.78 is 30.8. The maximum atomic E-state index is 13.1. The highest BCUT2D eigenvalue weighted by Gasteiger charge is 2.35. The summed E-state index contributed by atoms with van der Waals surface area (Å²) in [6.07, 6.45) is 14.4. The number of nitrogens with zero attached hydrogens (tertiary/aromatic N) is 4. The van der Waals surface area contributed by atoms with Gasteiger partial charge in [0.1, 0.15) is 12.6 Å². The van der Waals surface area contributed by atoms with Gasteiger partial charge < -0.3 is 0 Å². The first-order valence-electron chi connectivity index (χ1n) is 11.9. The zero-order chi connectivity index (χ0) is 23.4. The fourth-order valence-corrected chi connectivity index (χ4v) is 5.14. The lowest BCUT2D eigenvalue weighted by molar-refractivity contribution is -0.685. The van der Waals surface area contributed by atoms with Crippen LogP contribution in [0.2, 0.25) is 0 Å². The molecule has 0 spiro atoms. The Balaban J connectivity index is 2.13. The number of hydrogen-bond donors (Lipinski definition) is 0. The van der Waals surface area contributed by atoms with E-state index in [1.165, 1.54) is 73.7 Å². The van der Waals surface area contributed by atoms with Crippen LogP contribution in [-0.4, -0.2) is 30.8 Å². The van der Waals surface area contributed by atoms with Crippen molar-refractivity contribution in [1.82, 2.24) is 8.28 Å². The molecule has 6 nitrogen and oxygen atoms in total. The Hall–Kier alpha value is -2.17. The summed E-state index contributed by atoms with van der Waals surface area (Å²) in [5, 5.41) is 9.30. The van der Waals surface area contributed by atoms with E-state index in [-0.39, 0.29) is 6.42 Å². The molecular formula is C25H39N4O2S+. The van der Waals surface area contributed by atoms with E-state index in [4.69, 9.17) is 0 Å². The molecule has 0 atom stereocenters. The third-order valence-corrected chi connectivity index (χ3v) is 7.56. The van der Waals surface area contributed by atoms with E-state index in [1.807, 2.05) is 41.1 Å². The first-order chi connectivity index (χ1) is 15.4. The maximum Gasteiger partial charge on any atom is 0.380 e. The number of aryl methyl sites for hydroxylation is 1. The molecule has 0 unspecified atom stereocenters. The Kier molecular flexibility index (Phi) is 10.9. The molecular weight excluding hydrogens is 420 g/mol. The highest BCUT2D eigenvalue weighted by molar-refractivity contribution is 7.87. The molecule has 1 aromatic carbocycles. The molecule has 0 radical (unpaired) electrons. The molecule has 0 amide bonds. The number of aromatic nitrogens is 2. The second-order valence-corrected chi connectivity index (χ2v) is 10.6. The summed E-state index contributed by atoms with van der Waals surface area (Å²) in [6, 6.07) is 11.7. The van der Waals surface area contributed by atoms with Gasteiger partial charge in [-0.05, 0) is 25.0 Å². The van der Waals surface area contributed by atoms with E-state index in [2.05, 4.69) is 13.0 Å². The average Bonchev–Trinajstić information content (AvgIpc) is 3.14. The molecule has 1 heterocycles. The molecule has 0 saturated heterocycles. The predicted octanol–water partition coefficient (Wildman–Crippen LogP) is 5.08. The van der Waals surface area contributed by atoms with Gasteiger partial charge in [0.15, 0.2) is 5.69 Å². The standard InChI is InChI=1S/C25H39N4O2S/c1-4-5-6-7-8-9-10-11-12-16-21-28-22-24(19-20-26)29(32(30,31)27(2)3)25(28)23-17-14-13-15-18-23/h13-15,17-18,22H,4-12,16,19,21H2,1-3H3/q+1. The van der Waals surface area contributed by atoms with E-state index in [0.717, 1.165) is 24.9 Å². The first kappa shape index (κ1) is 26.1. The molecule has 0 saturated carbocycles. The molecule has 0 bridgehead atoms. The number of unbranched alkanes of at least 4 members (excludes halogenated alkanes) is 9. The van der Waals surface area contributed by atoms with Gasteiger partial charge in [-0.1, -0.05) is 76.5 Å². The van der Waals surface area contributed by atoms with Crippen LogP contribution >= 0.6 is 0 Å². The van der Waals surface area contributed by atoms with Crippen LogP contribution in [0.15, 0.2) is 36.5 Å². The van der Waals surface area contributed by atoms with Gasteiger partial charge in [0.2, 0.25) is 0 Å².